The van der Waals surface area contributed by atoms with Crippen molar-refractivity contribution >= 4 is 22.7 Å². The van der Waals surface area contributed by atoms with Gasteiger partial charge in [0.25, 0.3) is 5.91 Å². The van der Waals surface area contributed by atoms with Crippen molar-refractivity contribution < 1.29 is 9.59 Å². The monoisotopic (exact) mass is 284 g/mol. The van der Waals surface area contributed by atoms with Gasteiger partial charge in [0.1, 0.15) is 0 Å². The Labute approximate surface area is 121 Å². The van der Waals surface area contributed by atoms with Crippen LogP contribution in [-0.2, 0) is 4.79 Å². The largest absolute Gasteiger partial charge is 0.336 e. The highest BCUT2D eigenvalue weighted by molar-refractivity contribution is 5.98. The number of rotatable bonds is 1. The second-order valence-electron chi connectivity index (χ2n) is 5.70. The van der Waals surface area contributed by atoms with Crippen LogP contribution in [0.15, 0.2) is 24.4 Å². The third-order valence-electron chi connectivity index (χ3n) is 4.47. The van der Waals surface area contributed by atoms with E-state index in [-0.39, 0.29) is 17.9 Å². The lowest BCUT2D eigenvalue weighted by Crippen LogP contribution is -2.53. The Bertz CT molecular complexity index is 723. The maximum Gasteiger partial charge on any atom is 0.254 e. The highest BCUT2D eigenvalue weighted by atomic mass is 16.2. The Morgan fingerprint density at radius 1 is 1.33 bits per heavy atom. The number of nitrogens with one attached hydrogen (secondary N) is 1. The summed E-state index contributed by atoms with van der Waals surface area (Å²) >= 11 is 0. The summed E-state index contributed by atoms with van der Waals surface area (Å²) in [4.78, 5) is 28.1. The Morgan fingerprint density at radius 2 is 2.24 bits per heavy atom. The summed E-state index contributed by atoms with van der Waals surface area (Å²) < 4.78 is 0. The number of hydrogen-bond donors (Lipinski definition) is 1. The molecule has 0 radical (unpaired) electrons. The molecule has 2 fully saturated rings. The summed E-state index contributed by atoms with van der Waals surface area (Å²) in [7, 11) is 0. The van der Waals surface area contributed by atoms with Crippen LogP contribution < -0.4 is 0 Å². The van der Waals surface area contributed by atoms with Gasteiger partial charge < -0.3 is 9.80 Å². The summed E-state index contributed by atoms with van der Waals surface area (Å²) in [5.74, 6) is 0.261. The topological polar surface area (TPSA) is 69.3 Å². The van der Waals surface area contributed by atoms with E-state index in [0.29, 0.717) is 31.6 Å². The number of aromatic amines is 1. The van der Waals surface area contributed by atoms with Crippen molar-refractivity contribution in [3.05, 3.63) is 30.0 Å². The fourth-order valence-electron chi connectivity index (χ4n) is 3.30. The number of aromatic nitrogens is 2. The summed E-state index contributed by atoms with van der Waals surface area (Å²) in [6.45, 7) is 1.91. The normalized spacial score (nSPS) is 21.9. The number of H-pyrrole nitrogens is 1. The van der Waals surface area contributed by atoms with Crippen molar-refractivity contribution in [1.82, 2.24) is 20.0 Å². The summed E-state index contributed by atoms with van der Waals surface area (Å²) in [6.07, 6.45) is 3.22. The van der Waals surface area contributed by atoms with Crippen LogP contribution in [0, 0.1) is 0 Å². The minimum absolute atomic E-state index is 0.0329. The Morgan fingerprint density at radius 3 is 3.14 bits per heavy atom. The molecule has 0 spiro atoms. The van der Waals surface area contributed by atoms with Crippen molar-refractivity contribution in [2.75, 3.05) is 19.6 Å². The van der Waals surface area contributed by atoms with E-state index in [1.54, 1.807) is 6.20 Å². The number of fused-ring (bicyclic) bond motifs is 2. The Kier molecular flexibility index (Phi) is 2.70. The molecule has 3 heterocycles. The van der Waals surface area contributed by atoms with E-state index in [1.807, 2.05) is 28.0 Å². The van der Waals surface area contributed by atoms with Gasteiger partial charge in [0.05, 0.1) is 11.7 Å². The molecule has 0 saturated carbocycles. The van der Waals surface area contributed by atoms with Crippen molar-refractivity contribution in [2.45, 2.75) is 18.9 Å². The molecule has 1 unspecified atom stereocenters. The highest BCUT2D eigenvalue weighted by Crippen LogP contribution is 2.24. The first-order valence-electron chi connectivity index (χ1n) is 7.24. The van der Waals surface area contributed by atoms with Crippen LogP contribution in [0.25, 0.3) is 10.9 Å². The molecule has 2 aromatic rings. The molecule has 0 aliphatic carbocycles. The molecule has 2 amide bonds. The maximum atomic E-state index is 12.6. The minimum atomic E-state index is 0.0329. The predicted molar refractivity (Wildman–Crippen MR) is 76.7 cm³/mol. The van der Waals surface area contributed by atoms with E-state index in [2.05, 4.69) is 10.2 Å². The zero-order valence-corrected chi connectivity index (χ0v) is 11.6. The second kappa shape index (κ2) is 4.58. The van der Waals surface area contributed by atoms with Gasteiger partial charge in [0, 0.05) is 43.0 Å². The van der Waals surface area contributed by atoms with Gasteiger partial charge in [0.2, 0.25) is 5.91 Å². The molecule has 108 valence electrons. The van der Waals surface area contributed by atoms with E-state index >= 15 is 0 Å². The fraction of sp³-hybridized carbons (Fsp3) is 0.400. The van der Waals surface area contributed by atoms with Gasteiger partial charge in [-0.05, 0) is 18.6 Å². The highest BCUT2D eigenvalue weighted by Gasteiger charge is 2.37. The van der Waals surface area contributed by atoms with Gasteiger partial charge in [0.15, 0.2) is 0 Å². The Balaban J connectivity index is 1.56. The second-order valence-corrected chi connectivity index (χ2v) is 5.70. The SMILES string of the molecule is O=C(c1ccc2cn[nH]c2c1)N1CCN2C(=O)CCC2C1. The first kappa shape index (κ1) is 12.4. The van der Waals surface area contributed by atoms with Crippen molar-refractivity contribution in [3.63, 3.8) is 0 Å². The molecule has 0 bridgehead atoms. The van der Waals surface area contributed by atoms with Crippen LogP contribution in [0.1, 0.15) is 23.2 Å². The van der Waals surface area contributed by atoms with E-state index in [0.717, 1.165) is 17.3 Å². The number of nitrogens with zero attached hydrogens (tertiary/aromatic N) is 3. The van der Waals surface area contributed by atoms with Crippen molar-refractivity contribution in [1.29, 1.82) is 0 Å². The number of benzene rings is 1. The maximum absolute atomic E-state index is 12.6. The van der Waals surface area contributed by atoms with Gasteiger partial charge in [-0.25, -0.2) is 0 Å². The van der Waals surface area contributed by atoms with E-state index in [9.17, 15) is 9.59 Å². The number of piperazine rings is 1. The smallest absolute Gasteiger partial charge is 0.254 e. The van der Waals surface area contributed by atoms with E-state index < -0.39 is 0 Å². The molecule has 1 aromatic carbocycles. The molecule has 1 atom stereocenters. The zero-order valence-electron chi connectivity index (χ0n) is 11.6. The van der Waals surface area contributed by atoms with Gasteiger partial charge in [-0.15, -0.1) is 0 Å². The first-order valence-corrected chi connectivity index (χ1v) is 7.24. The molecular weight excluding hydrogens is 268 g/mol. The molecule has 2 saturated heterocycles. The van der Waals surface area contributed by atoms with Gasteiger partial charge >= 0.3 is 0 Å². The summed E-state index contributed by atoms with van der Waals surface area (Å²) in [6, 6.07) is 5.79. The standard InChI is InChI=1S/C15H16N4O2/c20-14-4-3-12-9-18(5-6-19(12)14)15(21)10-1-2-11-8-16-17-13(11)7-10/h1-2,7-8,12H,3-6,9H2,(H,16,17). The lowest BCUT2D eigenvalue weighted by molar-refractivity contribution is -0.130. The van der Waals surface area contributed by atoms with Crippen LogP contribution in [-0.4, -0.2) is 57.5 Å². The molecule has 2 aliphatic rings. The molecule has 2 aliphatic heterocycles. The minimum Gasteiger partial charge on any atom is -0.336 e. The lowest BCUT2D eigenvalue weighted by atomic mass is 10.1. The molecule has 1 N–H and O–H groups in total. The summed E-state index contributed by atoms with van der Waals surface area (Å²) in [5, 5.41) is 7.86. The van der Waals surface area contributed by atoms with Crippen LogP contribution in [0.3, 0.4) is 0 Å². The predicted octanol–water partition coefficient (Wildman–Crippen LogP) is 1.01. The quantitative estimate of drug-likeness (QED) is 0.849. The van der Waals surface area contributed by atoms with Gasteiger partial charge in [-0.3, -0.25) is 14.7 Å². The van der Waals surface area contributed by atoms with E-state index in [4.69, 9.17) is 0 Å². The third-order valence-corrected chi connectivity index (χ3v) is 4.47. The third kappa shape index (κ3) is 1.98. The number of amides is 2. The number of hydrogen-bond acceptors (Lipinski definition) is 3. The fourth-order valence-corrected chi connectivity index (χ4v) is 3.30. The molecule has 1 aromatic heterocycles. The molecule has 6 nitrogen and oxygen atoms in total. The summed E-state index contributed by atoms with van der Waals surface area (Å²) in [5.41, 5.74) is 1.54. The average Bonchev–Trinajstić information content (AvgIpc) is 3.12. The van der Waals surface area contributed by atoms with Crippen LogP contribution in [0.5, 0.6) is 0 Å². The number of carbonyl (C=O) groups excluding carboxylic acids is 2. The van der Waals surface area contributed by atoms with E-state index in [1.165, 1.54) is 0 Å². The number of carbonyl (C=O) groups is 2. The lowest BCUT2D eigenvalue weighted by Gasteiger charge is -2.37. The molecule has 21 heavy (non-hydrogen) atoms. The molecule has 6 heteroatoms. The van der Waals surface area contributed by atoms with Gasteiger partial charge in [-0.2, -0.15) is 5.10 Å². The van der Waals surface area contributed by atoms with Crippen molar-refractivity contribution in [3.8, 4) is 0 Å². The van der Waals surface area contributed by atoms with Gasteiger partial charge in [-0.1, -0.05) is 6.07 Å². The first-order chi connectivity index (χ1) is 10.2. The Hall–Kier alpha value is -2.37. The van der Waals surface area contributed by atoms with Crippen LogP contribution in [0.2, 0.25) is 0 Å². The molecule has 4 rings (SSSR count). The average molecular weight is 284 g/mol. The molecular formula is C15H16N4O2. The van der Waals surface area contributed by atoms with Crippen LogP contribution >= 0.6 is 0 Å². The van der Waals surface area contributed by atoms with Crippen molar-refractivity contribution in [2.24, 2.45) is 0 Å². The zero-order chi connectivity index (χ0) is 14.4. The van der Waals surface area contributed by atoms with Crippen LogP contribution in [0.4, 0.5) is 0 Å².